The second kappa shape index (κ2) is 6.42. The van der Waals surface area contributed by atoms with E-state index in [9.17, 15) is 0 Å². The second-order valence-electron chi connectivity index (χ2n) is 5.96. The van der Waals surface area contributed by atoms with Crippen LogP contribution in [0.15, 0.2) is 84.2 Å². The number of nitrogens with zero attached hydrogens (tertiary/aromatic N) is 3. The van der Waals surface area contributed by atoms with Gasteiger partial charge >= 0.3 is 6.01 Å². The normalized spacial score (nSPS) is 11.0. The summed E-state index contributed by atoms with van der Waals surface area (Å²) in [5.41, 5.74) is 4.72. The Kier molecular flexibility index (Phi) is 3.65. The van der Waals surface area contributed by atoms with E-state index in [1.54, 1.807) is 31.0 Å². The van der Waals surface area contributed by atoms with Crippen molar-refractivity contribution in [3.8, 4) is 34.0 Å². The highest BCUT2D eigenvalue weighted by Gasteiger charge is 2.13. The molecule has 0 fully saturated rings. The smallest absolute Gasteiger partial charge is 0.321 e. The molecule has 0 aliphatic carbocycles. The Hall–Kier alpha value is -3.93. The van der Waals surface area contributed by atoms with Crippen LogP contribution in [0.5, 0.6) is 11.8 Å². The number of hydrogen-bond donors (Lipinski definition) is 1. The molecule has 4 aromatic heterocycles. The van der Waals surface area contributed by atoms with E-state index in [0.29, 0.717) is 11.8 Å². The van der Waals surface area contributed by atoms with Gasteiger partial charge in [-0.05, 0) is 24.3 Å². The van der Waals surface area contributed by atoms with Crippen molar-refractivity contribution >= 4 is 11.0 Å². The summed E-state index contributed by atoms with van der Waals surface area (Å²) in [7, 11) is 0. The van der Waals surface area contributed by atoms with E-state index < -0.39 is 0 Å². The largest absolute Gasteiger partial charge is 0.472 e. The molecule has 0 bridgehead atoms. The lowest BCUT2D eigenvalue weighted by Gasteiger charge is -2.10. The Morgan fingerprint density at radius 2 is 1.78 bits per heavy atom. The van der Waals surface area contributed by atoms with Crippen LogP contribution in [-0.2, 0) is 0 Å². The summed E-state index contributed by atoms with van der Waals surface area (Å²) in [6.45, 7) is 0. The van der Waals surface area contributed by atoms with E-state index in [1.165, 1.54) is 0 Å². The van der Waals surface area contributed by atoms with Crippen LogP contribution in [0.2, 0.25) is 0 Å². The van der Waals surface area contributed by atoms with Crippen molar-refractivity contribution in [2.45, 2.75) is 0 Å². The zero-order valence-corrected chi connectivity index (χ0v) is 14.2. The van der Waals surface area contributed by atoms with Crippen molar-refractivity contribution in [3.05, 3.63) is 79.8 Å². The third kappa shape index (κ3) is 2.83. The summed E-state index contributed by atoms with van der Waals surface area (Å²) in [5.74, 6) is 0.672. The van der Waals surface area contributed by atoms with E-state index in [2.05, 4.69) is 26.0 Å². The maximum atomic E-state index is 5.89. The molecule has 0 amide bonds. The Labute approximate surface area is 154 Å². The topological polar surface area (TPSA) is 76.8 Å². The summed E-state index contributed by atoms with van der Waals surface area (Å²) in [4.78, 5) is 16.0. The molecule has 6 nitrogen and oxygen atoms in total. The van der Waals surface area contributed by atoms with Gasteiger partial charge in [0.1, 0.15) is 11.4 Å². The Balaban J connectivity index is 1.61. The second-order valence-corrected chi connectivity index (χ2v) is 5.96. The summed E-state index contributed by atoms with van der Waals surface area (Å²) >= 11 is 0. The molecule has 0 spiro atoms. The van der Waals surface area contributed by atoms with Crippen LogP contribution in [0, 0.1) is 0 Å². The van der Waals surface area contributed by atoms with E-state index in [0.717, 1.165) is 33.3 Å². The molecule has 0 saturated carbocycles. The predicted molar refractivity (Wildman–Crippen MR) is 101 cm³/mol. The van der Waals surface area contributed by atoms with Gasteiger partial charge in [-0.2, -0.15) is 0 Å². The minimum absolute atomic E-state index is 0.305. The third-order valence-corrected chi connectivity index (χ3v) is 4.30. The highest BCUT2D eigenvalue weighted by atomic mass is 16.5. The standard InChI is InChI=1S/C21H14N4O2/c1-2-5-19(27-21-22-7-3-8-23-21)16(4-1)15-10-17-18(14-6-9-26-13-14)12-25-20(17)24-11-15/h1-13H,(H,24,25). The molecule has 27 heavy (non-hydrogen) atoms. The van der Waals surface area contributed by atoms with E-state index in [1.807, 2.05) is 42.7 Å². The zero-order valence-electron chi connectivity index (χ0n) is 14.2. The molecule has 5 aromatic rings. The summed E-state index contributed by atoms with van der Waals surface area (Å²) < 4.78 is 11.1. The molecule has 0 radical (unpaired) electrons. The molecular weight excluding hydrogens is 340 g/mol. The fourth-order valence-electron chi connectivity index (χ4n) is 3.04. The van der Waals surface area contributed by atoms with Gasteiger partial charge in [0.2, 0.25) is 0 Å². The summed E-state index contributed by atoms with van der Waals surface area (Å²) in [6.07, 6.45) is 10.4. The van der Waals surface area contributed by atoms with Gasteiger partial charge in [-0.3, -0.25) is 0 Å². The molecule has 1 N–H and O–H groups in total. The monoisotopic (exact) mass is 354 g/mol. The Bertz CT molecular complexity index is 1200. The van der Waals surface area contributed by atoms with Crippen LogP contribution in [0.1, 0.15) is 0 Å². The number of nitrogens with one attached hydrogen (secondary N) is 1. The molecule has 0 aliphatic heterocycles. The van der Waals surface area contributed by atoms with Crippen LogP contribution in [0.25, 0.3) is 33.3 Å². The van der Waals surface area contributed by atoms with Gasteiger partial charge in [-0.15, -0.1) is 0 Å². The average molecular weight is 354 g/mol. The zero-order chi connectivity index (χ0) is 18.1. The number of ether oxygens (including phenoxy) is 1. The van der Waals surface area contributed by atoms with Crippen molar-refractivity contribution in [1.82, 2.24) is 19.9 Å². The minimum atomic E-state index is 0.305. The average Bonchev–Trinajstić information content (AvgIpc) is 3.38. The first-order valence-electron chi connectivity index (χ1n) is 8.42. The molecule has 0 aliphatic rings. The summed E-state index contributed by atoms with van der Waals surface area (Å²) in [6, 6.07) is 13.8. The van der Waals surface area contributed by atoms with Gasteiger partial charge in [0.05, 0.1) is 12.5 Å². The van der Waals surface area contributed by atoms with Crippen molar-refractivity contribution in [2.75, 3.05) is 0 Å². The molecular formula is C21H14N4O2. The van der Waals surface area contributed by atoms with Crippen LogP contribution in [0.3, 0.4) is 0 Å². The number of aromatic amines is 1. The fourth-order valence-corrected chi connectivity index (χ4v) is 3.04. The minimum Gasteiger partial charge on any atom is -0.472 e. The number of rotatable bonds is 4. The van der Waals surface area contributed by atoms with Crippen molar-refractivity contribution in [3.63, 3.8) is 0 Å². The van der Waals surface area contributed by atoms with Crippen LogP contribution in [-0.4, -0.2) is 19.9 Å². The number of pyridine rings is 1. The molecule has 0 saturated heterocycles. The van der Waals surface area contributed by atoms with E-state index >= 15 is 0 Å². The first-order chi connectivity index (χ1) is 13.4. The number of benzene rings is 1. The lowest BCUT2D eigenvalue weighted by molar-refractivity contribution is 0.443. The van der Waals surface area contributed by atoms with Gasteiger partial charge in [0, 0.05) is 52.4 Å². The first-order valence-corrected chi connectivity index (χ1v) is 8.42. The number of fused-ring (bicyclic) bond motifs is 1. The maximum Gasteiger partial charge on any atom is 0.321 e. The van der Waals surface area contributed by atoms with Crippen LogP contribution >= 0.6 is 0 Å². The summed E-state index contributed by atoms with van der Waals surface area (Å²) in [5, 5.41) is 1.01. The van der Waals surface area contributed by atoms with Crippen LogP contribution in [0.4, 0.5) is 0 Å². The molecule has 4 heterocycles. The SMILES string of the molecule is c1cnc(Oc2ccccc2-c2cnc3[nH]cc(-c4ccoc4)c3c2)nc1. The number of aromatic nitrogens is 4. The van der Waals surface area contributed by atoms with Gasteiger partial charge in [-0.1, -0.05) is 18.2 Å². The Morgan fingerprint density at radius 1 is 0.889 bits per heavy atom. The van der Waals surface area contributed by atoms with Crippen LogP contribution < -0.4 is 4.74 Å². The first kappa shape index (κ1) is 15.3. The van der Waals surface area contributed by atoms with E-state index in [-0.39, 0.29) is 0 Å². The van der Waals surface area contributed by atoms with Crippen molar-refractivity contribution in [1.29, 1.82) is 0 Å². The Morgan fingerprint density at radius 3 is 2.63 bits per heavy atom. The number of H-pyrrole nitrogens is 1. The van der Waals surface area contributed by atoms with E-state index in [4.69, 9.17) is 9.15 Å². The van der Waals surface area contributed by atoms with Crippen molar-refractivity contribution < 1.29 is 9.15 Å². The highest BCUT2D eigenvalue weighted by Crippen LogP contribution is 2.35. The van der Waals surface area contributed by atoms with Gasteiger partial charge in [0.25, 0.3) is 0 Å². The fraction of sp³-hybridized carbons (Fsp3) is 0. The van der Waals surface area contributed by atoms with Crippen molar-refractivity contribution in [2.24, 2.45) is 0 Å². The third-order valence-electron chi connectivity index (χ3n) is 4.30. The highest BCUT2D eigenvalue weighted by molar-refractivity contribution is 5.95. The van der Waals surface area contributed by atoms with Gasteiger partial charge in [0.15, 0.2) is 0 Å². The molecule has 1 aromatic carbocycles. The van der Waals surface area contributed by atoms with Gasteiger partial charge < -0.3 is 14.1 Å². The molecule has 5 rings (SSSR count). The number of para-hydroxylation sites is 1. The maximum absolute atomic E-state index is 5.89. The quantitative estimate of drug-likeness (QED) is 0.487. The molecule has 130 valence electrons. The molecule has 0 unspecified atom stereocenters. The van der Waals surface area contributed by atoms with Gasteiger partial charge in [-0.25, -0.2) is 15.0 Å². The lowest BCUT2D eigenvalue weighted by atomic mass is 10.0. The predicted octanol–water partition coefficient (Wildman–Crippen LogP) is 5.07. The molecule has 0 atom stereocenters. The number of hydrogen-bond acceptors (Lipinski definition) is 5. The lowest BCUT2D eigenvalue weighted by Crippen LogP contribution is -1.93. The number of furan rings is 1. The molecule has 6 heteroatoms.